The van der Waals surface area contributed by atoms with Crippen LogP contribution in [0, 0.1) is 17.8 Å². The van der Waals surface area contributed by atoms with Crippen LogP contribution in [0.3, 0.4) is 0 Å². The molecule has 0 aliphatic heterocycles. The van der Waals surface area contributed by atoms with Crippen molar-refractivity contribution in [3.63, 3.8) is 0 Å². The van der Waals surface area contributed by atoms with Crippen LogP contribution < -0.4 is 0 Å². The highest BCUT2D eigenvalue weighted by Crippen LogP contribution is 2.42. The second-order valence-electron chi connectivity index (χ2n) is 6.80. The van der Waals surface area contributed by atoms with Gasteiger partial charge in [0.2, 0.25) is 0 Å². The van der Waals surface area contributed by atoms with Crippen molar-refractivity contribution in [3.8, 4) is 0 Å². The maximum Gasteiger partial charge on any atom is -0.0248 e. The average molecular weight is 256 g/mol. The van der Waals surface area contributed by atoms with Crippen molar-refractivity contribution in [3.05, 3.63) is 35.9 Å². The van der Waals surface area contributed by atoms with Crippen LogP contribution >= 0.6 is 0 Å². The molecule has 0 aromatic heterocycles. The first kappa shape index (κ1) is 13.2. The first-order valence-electron chi connectivity index (χ1n) is 8.47. The standard InChI is InChI=1S/C19H28/c1-3-9-16(10-4-1)15-18-13-7-8-14-19(18)17-11-5-2-6-12-17/h1,3-4,9-10,17-19H,2,5-8,11-15H2. The Kier molecular flexibility index (Phi) is 4.58. The van der Waals surface area contributed by atoms with E-state index in [0.717, 1.165) is 17.8 Å². The number of rotatable bonds is 3. The fourth-order valence-corrected chi connectivity index (χ4v) is 4.59. The van der Waals surface area contributed by atoms with Gasteiger partial charge in [0.1, 0.15) is 0 Å². The Morgan fingerprint density at radius 1 is 0.737 bits per heavy atom. The first-order chi connectivity index (χ1) is 9.43. The van der Waals surface area contributed by atoms with Gasteiger partial charge >= 0.3 is 0 Å². The van der Waals surface area contributed by atoms with Crippen LogP contribution in [-0.2, 0) is 6.42 Å². The van der Waals surface area contributed by atoms with Gasteiger partial charge in [0, 0.05) is 0 Å². The lowest BCUT2D eigenvalue weighted by molar-refractivity contribution is 0.128. The van der Waals surface area contributed by atoms with Gasteiger partial charge in [-0.05, 0) is 42.6 Å². The van der Waals surface area contributed by atoms with Gasteiger partial charge in [-0.2, -0.15) is 0 Å². The number of hydrogen-bond acceptors (Lipinski definition) is 0. The minimum absolute atomic E-state index is 0.972. The van der Waals surface area contributed by atoms with Crippen molar-refractivity contribution in [2.24, 2.45) is 17.8 Å². The summed E-state index contributed by atoms with van der Waals surface area (Å²) >= 11 is 0. The van der Waals surface area contributed by atoms with Crippen molar-refractivity contribution < 1.29 is 0 Å². The first-order valence-corrected chi connectivity index (χ1v) is 8.47. The third kappa shape index (κ3) is 3.41. The summed E-state index contributed by atoms with van der Waals surface area (Å²) < 4.78 is 0. The predicted octanol–water partition coefficient (Wildman–Crippen LogP) is 5.62. The number of hydrogen-bond donors (Lipinski definition) is 0. The van der Waals surface area contributed by atoms with Crippen LogP contribution in [0.4, 0.5) is 0 Å². The molecular weight excluding hydrogens is 228 g/mol. The van der Waals surface area contributed by atoms with E-state index in [2.05, 4.69) is 30.3 Å². The quantitative estimate of drug-likeness (QED) is 0.659. The minimum Gasteiger partial charge on any atom is -0.0622 e. The second kappa shape index (κ2) is 6.59. The van der Waals surface area contributed by atoms with Gasteiger partial charge in [-0.3, -0.25) is 0 Å². The summed E-state index contributed by atoms with van der Waals surface area (Å²) in [5.41, 5.74) is 1.57. The van der Waals surface area contributed by atoms with Crippen LogP contribution in [0.15, 0.2) is 30.3 Å². The summed E-state index contributed by atoms with van der Waals surface area (Å²) in [7, 11) is 0. The second-order valence-corrected chi connectivity index (χ2v) is 6.80. The highest BCUT2D eigenvalue weighted by atomic mass is 14.4. The minimum atomic E-state index is 0.972. The molecule has 0 N–H and O–H groups in total. The molecule has 0 saturated heterocycles. The SMILES string of the molecule is c1ccc(CC2CCCCC2C2CCCCC2)cc1. The molecule has 0 heterocycles. The van der Waals surface area contributed by atoms with E-state index in [1.54, 1.807) is 5.56 Å². The van der Waals surface area contributed by atoms with E-state index in [9.17, 15) is 0 Å². The number of benzene rings is 1. The maximum absolute atomic E-state index is 2.33. The molecule has 2 saturated carbocycles. The summed E-state index contributed by atoms with van der Waals surface area (Å²) in [6.07, 6.45) is 14.8. The molecule has 2 aliphatic rings. The third-order valence-corrected chi connectivity index (χ3v) is 5.56. The molecule has 2 fully saturated rings. The van der Waals surface area contributed by atoms with E-state index in [0.29, 0.717) is 0 Å². The zero-order chi connectivity index (χ0) is 12.9. The van der Waals surface area contributed by atoms with Crippen molar-refractivity contribution in [2.45, 2.75) is 64.2 Å². The van der Waals surface area contributed by atoms with Gasteiger partial charge in [-0.15, -0.1) is 0 Å². The molecule has 2 unspecified atom stereocenters. The largest absolute Gasteiger partial charge is 0.0622 e. The molecule has 0 spiro atoms. The van der Waals surface area contributed by atoms with Crippen LogP contribution in [0.5, 0.6) is 0 Å². The molecule has 0 radical (unpaired) electrons. The molecular formula is C19H28. The van der Waals surface area contributed by atoms with E-state index >= 15 is 0 Å². The summed E-state index contributed by atoms with van der Waals surface area (Å²) in [5, 5.41) is 0. The predicted molar refractivity (Wildman–Crippen MR) is 82.2 cm³/mol. The van der Waals surface area contributed by atoms with Crippen LogP contribution in [0.1, 0.15) is 63.4 Å². The highest BCUT2D eigenvalue weighted by molar-refractivity contribution is 5.15. The Hall–Kier alpha value is -0.780. The van der Waals surface area contributed by atoms with Gasteiger partial charge in [-0.1, -0.05) is 75.3 Å². The molecule has 0 nitrogen and oxygen atoms in total. The van der Waals surface area contributed by atoms with E-state index in [1.165, 1.54) is 64.2 Å². The zero-order valence-corrected chi connectivity index (χ0v) is 12.2. The fraction of sp³-hybridized carbons (Fsp3) is 0.684. The van der Waals surface area contributed by atoms with E-state index in [-0.39, 0.29) is 0 Å². The third-order valence-electron chi connectivity index (χ3n) is 5.56. The molecule has 19 heavy (non-hydrogen) atoms. The van der Waals surface area contributed by atoms with Crippen LogP contribution in [-0.4, -0.2) is 0 Å². The molecule has 3 rings (SSSR count). The van der Waals surface area contributed by atoms with Gasteiger partial charge in [0.25, 0.3) is 0 Å². The van der Waals surface area contributed by atoms with E-state index in [4.69, 9.17) is 0 Å². The Morgan fingerprint density at radius 2 is 1.42 bits per heavy atom. The lowest BCUT2D eigenvalue weighted by Crippen LogP contribution is -2.29. The van der Waals surface area contributed by atoms with Gasteiger partial charge in [0.05, 0.1) is 0 Å². The normalized spacial score (nSPS) is 29.3. The van der Waals surface area contributed by atoms with Crippen LogP contribution in [0.25, 0.3) is 0 Å². The van der Waals surface area contributed by atoms with Crippen molar-refractivity contribution in [1.29, 1.82) is 0 Å². The summed E-state index contributed by atoms with van der Waals surface area (Å²) in [6, 6.07) is 11.2. The van der Waals surface area contributed by atoms with Gasteiger partial charge < -0.3 is 0 Å². The summed E-state index contributed by atoms with van der Waals surface area (Å²) in [6.45, 7) is 0. The summed E-state index contributed by atoms with van der Waals surface area (Å²) in [4.78, 5) is 0. The topological polar surface area (TPSA) is 0 Å². The molecule has 0 amide bonds. The Balaban J connectivity index is 1.66. The Labute approximate surface area is 118 Å². The lowest BCUT2D eigenvalue weighted by atomic mass is 9.66. The molecule has 104 valence electrons. The fourth-order valence-electron chi connectivity index (χ4n) is 4.59. The van der Waals surface area contributed by atoms with Crippen molar-refractivity contribution >= 4 is 0 Å². The van der Waals surface area contributed by atoms with Crippen molar-refractivity contribution in [1.82, 2.24) is 0 Å². The van der Waals surface area contributed by atoms with Crippen molar-refractivity contribution in [2.75, 3.05) is 0 Å². The van der Waals surface area contributed by atoms with E-state index in [1.807, 2.05) is 0 Å². The van der Waals surface area contributed by atoms with Gasteiger partial charge in [0.15, 0.2) is 0 Å². The van der Waals surface area contributed by atoms with E-state index < -0.39 is 0 Å². The molecule has 1 aromatic rings. The zero-order valence-electron chi connectivity index (χ0n) is 12.2. The summed E-state index contributed by atoms with van der Waals surface area (Å²) in [5.74, 6) is 3.07. The molecule has 1 aromatic carbocycles. The lowest BCUT2D eigenvalue weighted by Gasteiger charge is -2.39. The maximum atomic E-state index is 2.33. The highest BCUT2D eigenvalue weighted by Gasteiger charge is 2.32. The van der Waals surface area contributed by atoms with Gasteiger partial charge in [-0.25, -0.2) is 0 Å². The molecule has 0 heteroatoms. The Bertz CT molecular complexity index is 361. The van der Waals surface area contributed by atoms with Crippen LogP contribution in [0.2, 0.25) is 0 Å². The molecule has 2 atom stereocenters. The molecule has 2 aliphatic carbocycles. The molecule has 0 bridgehead atoms. The smallest absolute Gasteiger partial charge is 0.0248 e. The monoisotopic (exact) mass is 256 g/mol. The average Bonchev–Trinajstić information content (AvgIpc) is 2.50. The Morgan fingerprint density at radius 3 is 2.21 bits per heavy atom.